The largest absolute Gasteiger partial charge is 0.309 e. The van der Waals surface area contributed by atoms with Gasteiger partial charge in [0.2, 0.25) is 0 Å². The van der Waals surface area contributed by atoms with Crippen molar-refractivity contribution in [3.05, 3.63) is 0 Å². The molecule has 0 bridgehead atoms. The average molecular weight is 244 g/mol. The molecule has 0 aromatic carbocycles. The zero-order chi connectivity index (χ0) is 12.0. The Morgan fingerprint density at radius 2 is 2.06 bits per heavy atom. The van der Waals surface area contributed by atoms with Crippen LogP contribution < -0.4 is 5.32 Å². The maximum Gasteiger partial charge on any atom is 0.0304 e. The highest BCUT2D eigenvalue weighted by molar-refractivity contribution is 7.99. The van der Waals surface area contributed by atoms with Crippen LogP contribution in [-0.2, 0) is 0 Å². The maximum absolute atomic E-state index is 3.72. The summed E-state index contributed by atoms with van der Waals surface area (Å²) >= 11 is 1.98. The van der Waals surface area contributed by atoms with Gasteiger partial charge in [-0.1, -0.05) is 20.8 Å². The molecule has 0 aromatic heterocycles. The van der Waals surface area contributed by atoms with E-state index in [1.165, 1.54) is 38.9 Å². The minimum atomic E-state index is 0.390. The topological polar surface area (TPSA) is 15.3 Å². The third-order valence-corrected chi connectivity index (χ3v) is 5.10. The maximum atomic E-state index is 3.72. The number of hydrogen-bond acceptors (Lipinski definition) is 3. The van der Waals surface area contributed by atoms with Gasteiger partial charge in [0.05, 0.1) is 0 Å². The molecule has 0 spiro atoms. The third-order valence-electron chi connectivity index (χ3n) is 4.06. The second-order valence-corrected chi connectivity index (χ2v) is 6.30. The van der Waals surface area contributed by atoms with Crippen LogP contribution in [0.2, 0.25) is 0 Å². The number of thioether (sulfide) groups is 1. The zero-order valence-electron chi connectivity index (χ0n) is 11.4. The number of hydrogen-bond donors (Lipinski definition) is 1. The van der Waals surface area contributed by atoms with E-state index in [0.29, 0.717) is 5.54 Å². The molecule has 0 saturated carbocycles. The first-order valence-corrected chi connectivity index (χ1v) is 7.94. The quantitative estimate of drug-likeness (QED) is 0.773. The van der Waals surface area contributed by atoms with Crippen molar-refractivity contribution in [2.75, 3.05) is 32.4 Å². The van der Waals surface area contributed by atoms with Gasteiger partial charge in [0, 0.05) is 30.4 Å². The molecule has 0 aromatic rings. The summed E-state index contributed by atoms with van der Waals surface area (Å²) < 4.78 is 0. The molecule has 0 amide bonds. The Kier molecular flexibility index (Phi) is 6.16. The lowest BCUT2D eigenvalue weighted by molar-refractivity contribution is 0.123. The molecule has 1 saturated heterocycles. The van der Waals surface area contributed by atoms with Crippen molar-refractivity contribution >= 4 is 11.8 Å². The second kappa shape index (κ2) is 6.87. The highest BCUT2D eigenvalue weighted by Crippen LogP contribution is 2.20. The fraction of sp³-hybridized carbons (Fsp3) is 1.00. The molecule has 1 rings (SSSR count). The molecule has 1 fully saturated rings. The normalized spacial score (nSPS) is 23.2. The van der Waals surface area contributed by atoms with Gasteiger partial charge >= 0.3 is 0 Å². The molecule has 1 aliphatic heterocycles. The number of rotatable bonds is 6. The van der Waals surface area contributed by atoms with Gasteiger partial charge in [0.15, 0.2) is 0 Å². The van der Waals surface area contributed by atoms with E-state index in [9.17, 15) is 0 Å². The average Bonchev–Trinajstić information content (AvgIpc) is 2.36. The van der Waals surface area contributed by atoms with E-state index in [0.717, 1.165) is 11.8 Å². The predicted molar refractivity (Wildman–Crippen MR) is 75.3 cm³/mol. The number of nitrogens with zero attached hydrogens (tertiary/aromatic N) is 1. The summed E-state index contributed by atoms with van der Waals surface area (Å²) in [6.45, 7) is 11.8. The van der Waals surface area contributed by atoms with Crippen molar-refractivity contribution in [2.45, 2.75) is 50.8 Å². The van der Waals surface area contributed by atoms with Gasteiger partial charge in [-0.2, -0.15) is 11.8 Å². The van der Waals surface area contributed by atoms with E-state index < -0.39 is 0 Å². The lowest BCUT2D eigenvalue weighted by atomic mass is 9.90. The minimum Gasteiger partial charge on any atom is -0.309 e. The van der Waals surface area contributed by atoms with Crippen LogP contribution in [0.1, 0.15) is 40.0 Å². The highest BCUT2D eigenvalue weighted by atomic mass is 32.2. The molecular formula is C13H28N2S. The summed E-state index contributed by atoms with van der Waals surface area (Å²) in [5.74, 6) is 0. The zero-order valence-corrected chi connectivity index (χ0v) is 12.2. The molecule has 0 radical (unpaired) electrons. The van der Waals surface area contributed by atoms with Crippen molar-refractivity contribution in [1.29, 1.82) is 0 Å². The minimum absolute atomic E-state index is 0.390. The Morgan fingerprint density at radius 1 is 1.38 bits per heavy atom. The van der Waals surface area contributed by atoms with E-state index >= 15 is 0 Å². The van der Waals surface area contributed by atoms with E-state index in [4.69, 9.17) is 0 Å². The molecular weight excluding hydrogens is 216 g/mol. The van der Waals surface area contributed by atoms with Crippen LogP contribution in [0, 0.1) is 0 Å². The molecule has 3 heteroatoms. The Morgan fingerprint density at radius 3 is 2.62 bits per heavy atom. The smallest absolute Gasteiger partial charge is 0.0304 e. The van der Waals surface area contributed by atoms with Crippen LogP contribution in [0.5, 0.6) is 0 Å². The highest BCUT2D eigenvalue weighted by Gasteiger charge is 2.31. The lowest BCUT2D eigenvalue weighted by Gasteiger charge is -2.43. The van der Waals surface area contributed by atoms with Crippen molar-refractivity contribution in [3.8, 4) is 0 Å². The van der Waals surface area contributed by atoms with Gasteiger partial charge in [-0.25, -0.2) is 0 Å². The molecule has 96 valence electrons. The molecule has 1 aliphatic rings. The van der Waals surface area contributed by atoms with Crippen LogP contribution in [0.15, 0.2) is 0 Å². The van der Waals surface area contributed by atoms with Crippen LogP contribution >= 0.6 is 11.8 Å². The molecule has 1 atom stereocenters. The molecule has 0 aliphatic carbocycles. The summed E-state index contributed by atoms with van der Waals surface area (Å²) in [6, 6.07) is 0. The summed E-state index contributed by atoms with van der Waals surface area (Å²) in [4.78, 5) is 2.65. The van der Waals surface area contributed by atoms with E-state index in [1.54, 1.807) is 0 Å². The predicted octanol–water partition coefficient (Wildman–Crippen LogP) is 2.59. The fourth-order valence-corrected chi connectivity index (χ4v) is 2.78. The molecule has 2 nitrogen and oxygen atoms in total. The molecule has 1 heterocycles. The Hall–Kier alpha value is 0.270. The SMILES string of the molecule is CCC1(CC)CN(CCC(C)SC)CCN1. The van der Waals surface area contributed by atoms with Crippen LogP contribution in [0.4, 0.5) is 0 Å². The lowest BCUT2D eigenvalue weighted by Crippen LogP contribution is -2.59. The van der Waals surface area contributed by atoms with Crippen LogP contribution in [0.25, 0.3) is 0 Å². The van der Waals surface area contributed by atoms with Gasteiger partial charge in [0.25, 0.3) is 0 Å². The van der Waals surface area contributed by atoms with Crippen molar-refractivity contribution in [2.24, 2.45) is 0 Å². The van der Waals surface area contributed by atoms with Crippen molar-refractivity contribution < 1.29 is 0 Å². The Balaban J connectivity index is 2.38. The second-order valence-electron chi connectivity index (χ2n) is 5.03. The number of piperazine rings is 1. The molecule has 1 N–H and O–H groups in total. The van der Waals surface area contributed by atoms with Gasteiger partial charge < -0.3 is 10.2 Å². The molecule has 16 heavy (non-hydrogen) atoms. The summed E-state index contributed by atoms with van der Waals surface area (Å²) in [6.07, 6.45) is 6.03. The van der Waals surface area contributed by atoms with E-state index in [2.05, 4.69) is 37.2 Å². The van der Waals surface area contributed by atoms with E-state index in [-0.39, 0.29) is 0 Å². The van der Waals surface area contributed by atoms with Gasteiger partial charge in [-0.3, -0.25) is 0 Å². The summed E-state index contributed by atoms with van der Waals surface area (Å²) in [5, 5.41) is 4.52. The third kappa shape index (κ3) is 3.94. The first-order chi connectivity index (χ1) is 7.65. The van der Waals surface area contributed by atoms with Crippen molar-refractivity contribution in [1.82, 2.24) is 10.2 Å². The Bertz CT molecular complexity index is 192. The van der Waals surface area contributed by atoms with Gasteiger partial charge in [-0.05, 0) is 32.1 Å². The monoisotopic (exact) mass is 244 g/mol. The van der Waals surface area contributed by atoms with E-state index in [1.807, 2.05) is 11.8 Å². The van der Waals surface area contributed by atoms with Crippen LogP contribution in [0.3, 0.4) is 0 Å². The van der Waals surface area contributed by atoms with Crippen molar-refractivity contribution in [3.63, 3.8) is 0 Å². The van der Waals surface area contributed by atoms with Gasteiger partial charge in [0.1, 0.15) is 0 Å². The first-order valence-electron chi connectivity index (χ1n) is 6.66. The standard InChI is InChI=1S/C13H28N2S/c1-5-13(6-2)11-15(10-8-14-13)9-7-12(3)16-4/h12,14H,5-11H2,1-4H3. The first kappa shape index (κ1) is 14.3. The summed E-state index contributed by atoms with van der Waals surface area (Å²) in [7, 11) is 0. The fourth-order valence-electron chi connectivity index (χ4n) is 2.44. The Labute approximate surface area is 106 Å². The van der Waals surface area contributed by atoms with Crippen LogP contribution in [-0.4, -0.2) is 48.1 Å². The number of nitrogens with one attached hydrogen (secondary N) is 1. The summed E-state index contributed by atoms with van der Waals surface area (Å²) in [5.41, 5.74) is 0.390. The molecule has 1 unspecified atom stereocenters. The van der Waals surface area contributed by atoms with Gasteiger partial charge in [-0.15, -0.1) is 0 Å².